The minimum Gasteiger partial charge on any atom is -0.353 e. The van der Waals surface area contributed by atoms with Gasteiger partial charge in [-0.2, -0.15) is 0 Å². The molecule has 0 N–H and O–H groups in total. The molecule has 1 aromatic heterocycles. The zero-order chi connectivity index (χ0) is 20.4. The van der Waals surface area contributed by atoms with E-state index in [2.05, 4.69) is 23.7 Å². The van der Waals surface area contributed by atoms with Crippen molar-refractivity contribution in [1.29, 1.82) is 0 Å². The van der Waals surface area contributed by atoms with Crippen molar-refractivity contribution in [1.82, 2.24) is 14.9 Å². The van der Waals surface area contributed by atoms with Crippen LogP contribution in [0.15, 0.2) is 18.2 Å². The van der Waals surface area contributed by atoms with Gasteiger partial charge in [0.2, 0.25) is 5.91 Å². The van der Waals surface area contributed by atoms with Gasteiger partial charge >= 0.3 is 0 Å². The Hall–Kier alpha value is -2.21. The first-order valence-corrected chi connectivity index (χ1v) is 9.96. The second kappa shape index (κ2) is 8.43. The lowest BCUT2D eigenvalue weighted by molar-refractivity contribution is -0.129. The SMILES string of the molecule is CC(=O)N1CCN(c2nc(C)nc(C(C)C)c2Cc2c(F)cccc2Cl)CC1. The van der Waals surface area contributed by atoms with Crippen LogP contribution in [0.2, 0.25) is 5.02 Å². The highest BCUT2D eigenvalue weighted by Crippen LogP contribution is 2.32. The first-order chi connectivity index (χ1) is 13.3. The molecule has 3 rings (SSSR count). The number of aromatic nitrogens is 2. The van der Waals surface area contributed by atoms with Gasteiger partial charge in [-0.3, -0.25) is 4.79 Å². The molecule has 7 heteroatoms. The molecule has 0 saturated carbocycles. The van der Waals surface area contributed by atoms with Gasteiger partial charge in [0.15, 0.2) is 0 Å². The van der Waals surface area contributed by atoms with Gasteiger partial charge in [0.1, 0.15) is 17.5 Å². The number of hydrogen-bond donors (Lipinski definition) is 0. The Morgan fingerprint density at radius 1 is 1.18 bits per heavy atom. The van der Waals surface area contributed by atoms with Crippen molar-refractivity contribution in [2.45, 2.75) is 40.0 Å². The molecule has 0 aliphatic carbocycles. The number of halogens is 2. The zero-order valence-electron chi connectivity index (χ0n) is 16.8. The maximum Gasteiger partial charge on any atom is 0.219 e. The Labute approximate surface area is 170 Å². The van der Waals surface area contributed by atoms with Crippen molar-refractivity contribution < 1.29 is 9.18 Å². The zero-order valence-corrected chi connectivity index (χ0v) is 17.6. The molecule has 0 spiro atoms. The molecule has 28 heavy (non-hydrogen) atoms. The summed E-state index contributed by atoms with van der Waals surface area (Å²) < 4.78 is 14.5. The number of carbonyl (C=O) groups excluding carboxylic acids is 1. The Morgan fingerprint density at radius 3 is 2.43 bits per heavy atom. The highest BCUT2D eigenvalue weighted by molar-refractivity contribution is 6.31. The van der Waals surface area contributed by atoms with E-state index in [0.717, 1.165) is 17.1 Å². The van der Waals surface area contributed by atoms with E-state index in [4.69, 9.17) is 16.6 Å². The van der Waals surface area contributed by atoms with Crippen LogP contribution >= 0.6 is 11.6 Å². The van der Waals surface area contributed by atoms with Gasteiger partial charge in [-0.15, -0.1) is 0 Å². The molecule has 1 amide bonds. The van der Waals surface area contributed by atoms with Crippen molar-refractivity contribution in [2.24, 2.45) is 0 Å². The topological polar surface area (TPSA) is 49.3 Å². The van der Waals surface area contributed by atoms with Crippen LogP contribution in [0.1, 0.15) is 49.3 Å². The number of piperazine rings is 1. The fraction of sp³-hybridized carbons (Fsp3) is 0.476. The van der Waals surface area contributed by atoms with Crippen molar-refractivity contribution in [3.05, 3.63) is 51.7 Å². The highest BCUT2D eigenvalue weighted by atomic mass is 35.5. The average Bonchev–Trinajstić information content (AvgIpc) is 2.65. The second-order valence-electron chi connectivity index (χ2n) is 7.48. The van der Waals surface area contributed by atoms with E-state index in [1.165, 1.54) is 6.07 Å². The van der Waals surface area contributed by atoms with Crippen LogP contribution in [0.3, 0.4) is 0 Å². The monoisotopic (exact) mass is 404 g/mol. The van der Waals surface area contributed by atoms with Crippen LogP contribution < -0.4 is 4.90 Å². The number of amides is 1. The smallest absolute Gasteiger partial charge is 0.219 e. The van der Waals surface area contributed by atoms with E-state index in [1.54, 1.807) is 19.1 Å². The largest absolute Gasteiger partial charge is 0.353 e. The third-order valence-corrected chi connectivity index (χ3v) is 5.47. The van der Waals surface area contributed by atoms with Crippen LogP contribution in [0.5, 0.6) is 0 Å². The molecule has 0 unspecified atom stereocenters. The third-order valence-electron chi connectivity index (χ3n) is 5.12. The molecule has 2 heterocycles. The average molecular weight is 405 g/mol. The lowest BCUT2D eigenvalue weighted by atomic mass is 9.97. The third kappa shape index (κ3) is 4.27. The Kier molecular flexibility index (Phi) is 6.18. The number of rotatable bonds is 4. The number of benzene rings is 1. The van der Waals surface area contributed by atoms with Gasteiger partial charge in [-0.25, -0.2) is 14.4 Å². The summed E-state index contributed by atoms with van der Waals surface area (Å²) in [6, 6.07) is 4.74. The second-order valence-corrected chi connectivity index (χ2v) is 7.89. The van der Waals surface area contributed by atoms with Crippen LogP contribution in [0.25, 0.3) is 0 Å². The van der Waals surface area contributed by atoms with E-state index in [9.17, 15) is 9.18 Å². The lowest BCUT2D eigenvalue weighted by Gasteiger charge is -2.36. The number of carbonyl (C=O) groups is 1. The number of anilines is 1. The van der Waals surface area contributed by atoms with E-state index in [1.807, 2.05) is 11.8 Å². The van der Waals surface area contributed by atoms with Crippen molar-refractivity contribution >= 4 is 23.3 Å². The van der Waals surface area contributed by atoms with Gasteiger partial charge in [-0.1, -0.05) is 31.5 Å². The summed E-state index contributed by atoms with van der Waals surface area (Å²) in [7, 11) is 0. The van der Waals surface area contributed by atoms with Crippen molar-refractivity contribution in [2.75, 3.05) is 31.1 Å². The summed E-state index contributed by atoms with van der Waals surface area (Å²) in [5.74, 6) is 1.43. The van der Waals surface area contributed by atoms with Crippen molar-refractivity contribution in [3.63, 3.8) is 0 Å². The van der Waals surface area contributed by atoms with E-state index in [0.29, 0.717) is 49.0 Å². The van der Waals surface area contributed by atoms with Crippen LogP contribution in [-0.2, 0) is 11.2 Å². The summed E-state index contributed by atoms with van der Waals surface area (Å²) in [5.41, 5.74) is 2.28. The predicted octanol–water partition coefficient (Wildman–Crippen LogP) is 3.96. The normalized spacial score (nSPS) is 14.7. The Bertz CT molecular complexity index is 859. The lowest BCUT2D eigenvalue weighted by Crippen LogP contribution is -2.48. The van der Waals surface area contributed by atoms with E-state index < -0.39 is 0 Å². The minimum atomic E-state index is -0.324. The molecule has 0 radical (unpaired) electrons. The molecule has 0 atom stereocenters. The maximum atomic E-state index is 14.5. The standard InChI is InChI=1S/C21H26ClFN4O/c1-13(2)20-17(12-16-18(22)6-5-7-19(16)23)21(25-14(3)24-20)27-10-8-26(9-11-27)15(4)28/h5-7,13H,8-12H2,1-4H3. The molecule has 150 valence electrons. The van der Waals surface area contributed by atoms with Gasteiger partial charge in [0.05, 0.1) is 5.69 Å². The molecule has 1 aliphatic heterocycles. The summed E-state index contributed by atoms with van der Waals surface area (Å²) in [6.45, 7) is 10.3. The van der Waals surface area contributed by atoms with Gasteiger partial charge in [-0.05, 0) is 25.0 Å². The molecular weight excluding hydrogens is 379 g/mol. The number of aryl methyl sites for hydroxylation is 1. The number of nitrogens with zero attached hydrogens (tertiary/aromatic N) is 4. The fourth-order valence-electron chi connectivity index (χ4n) is 3.62. The molecule has 1 saturated heterocycles. The van der Waals surface area contributed by atoms with Gasteiger partial charge in [0.25, 0.3) is 0 Å². The van der Waals surface area contributed by atoms with Gasteiger partial charge < -0.3 is 9.80 Å². The van der Waals surface area contributed by atoms with Crippen molar-refractivity contribution in [3.8, 4) is 0 Å². The molecule has 1 aliphatic rings. The number of hydrogen-bond acceptors (Lipinski definition) is 4. The summed E-state index contributed by atoms with van der Waals surface area (Å²) in [4.78, 5) is 25.0. The molecule has 1 fully saturated rings. The molecule has 5 nitrogen and oxygen atoms in total. The molecule has 0 bridgehead atoms. The molecular formula is C21H26ClFN4O. The molecule has 1 aromatic carbocycles. The summed E-state index contributed by atoms with van der Waals surface area (Å²) in [6.07, 6.45) is 0.335. The summed E-state index contributed by atoms with van der Waals surface area (Å²) in [5, 5.41) is 0.405. The van der Waals surface area contributed by atoms with Crippen LogP contribution in [0.4, 0.5) is 10.2 Å². The molecule has 2 aromatic rings. The first-order valence-electron chi connectivity index (χ1n) is 9.58. The van der Waals surface area contributed by atoms with Crippen LogP contribution in [0, 0.1) is 12.7 Å². The van der Waals surface area contributed by atoms with Crippen LogP contribution in [-0.4, -0.2) is 47.0 Å². The predicted molar refractivity (Wildman–Crippen MR) is 110 cm³/mol. The summed E-state index contributed by atoms with van der Waals surface area (Å²) >= 11 is 6.30. The van der Waals surface area contributed by atoms with E-state index >= 15 is 0 Å². The maximum absolute atomic E-state index is 14.5. The highest BCUT2D eigenvalue weighted by Gasteiger charge is 2.26. The minimum absolute atomic E-state index is 0.0831. The first kappa shape index (κ1) is 20.5. The fourth-order valence-corrected chi connectivity index (χ4v) is 3.85. The van der Waals surface area contributed by atoms with Gasteiger partial charge in [0, 0.05) is 55.7 Å². The quantitative estimate of drug-likeness (QED) is 0.773. The van der Waals surface area contributed by atoms with E-state index in [-0.39, 0.29) is 17.6 Å². The Morgan fingerprint density at radius 2 is 1.86 bits per heavy atom. The Balaban J connectivity index is 2.03.